The quantitative estimate of drug-likeness (QED) is 0.526. The van der Waals surface area contributed by atoms with Crippen molar-refractivity contribution in [2.75, 3.05) is 39.9 Å². The van der Waals surface area contributed by atoms with Crippen molar-refractivity contribution in [3.8, 4) is 0 Å². The highest BCUT2D eigenvalue weighted by Crippen LogP contribution is 2.16. The van der Waals surface area contributed by atoms with E-state index in [9.17, 15) is 13.2 Å². The maximum atomic E-state index is 12.5. The number of amides is 1. The first-order chi connectivity index (χ1) is 12.4. The van der Waals surface area contributed by atoms with Crippen LogP contribution in [0.2, 0.25) is 0 Å². The van der Waals surface area contributed by atoms with Crippen LogP contribution in [0.5, 0.6) is 0 Å². The van der Waals surface area contributed by atoms with Gasteiger partial charge in [-0.3, -0.25) is 4.79 Å². The minimum Gasteiger partial charge on any atom is -0.383 e. The number of sulfonamides is 1. The smallest absolute Gasteiger partial charge is 0.251 e. The highest BCUT2D eigenvalue weighted by molar-refractivity contribution is 7.89. The standard InChI is InChI=1S/C18H29N3O4S.ClH/c1-14-5-6-16(26(23,24)21-10-11-25-2)12-17(14)18(22)20-9-7-15-4-3-8-19-13-15;/h5-6,12,15,19,21H,3-4,7-11,13H2,1-2H3,(H,20,22);1H. The van der Waals surface area contributed by atoms with Gasteiger partial charge in [0.05, 0.1) is 11.5 Å². The van der Waals surface area contributed by atoms with Crippen molar-refractivity contribution in [1.82, 2.24) is 15.4 Å². The first-order valence-corrected chi connectivity index (χ1v) is 10.5. The average molecular weight is 420 g/mol. The van der Waals surface area contributed by atoms with Crippen LogP contribution in [-0.2, 0) is 14.8 Å². The van der Waals surface area contributed by atoms with Gasteiger partial charge in [-0.05, 0) is 62.9 Å². The number of carbonyl (C=O) groups excluding carboxylic acids is 1. The molecule has 2 rings (SSSR count). The van der Waals surface area contributed by atoms with E-state index in [0.29, 0.717) is 18.0 Å². The predicted molar refractivity (Wildman–Crippen MR) is 108 cm³/mol. The number of hydrogen-bond acceptors (Lipinski definition) is 5. The molecule has 9 heteroatoms. The van der Waals surface area contributed by atoms with E-state index in [1.807, 2.05) is 0 Å². The van der Waals surface area contributed by atoms with Crippen LogP contribution >= 0.6 is 12.4 Å². The SMILES string of the molecule is COCCNS(=O)(=O)c1ccc(C)c(C(=O)NCCC2CCCNC2)c1.Cl. The maximum absolute atomic E-state index is 12.5. The summed E-state index contributed by atoms with van der Waals surface area (Å²) in [5.74, 6) is 0.349. The lowest BCUT2D eigenvalue weighted by atomic mass is 9.96. The highest BCUT2D eigenvalue weighted by Gasteiger charge is 2.18. The molecule has 1 aliphatic rings. The third-order valence-electron chi connectivity index (χ3n) is 4.60. The zero-order valence-electron chi connectivity index (χ0n) is 15.9. The molecule has 1 fully saturated rings. The molecule has 1 aliphatic heterocycles. The molecule has 1 saturated heterocycles. The minimum atomic E-state index is -3.66. The summed E-state index contributed by atoms with van der Waals surface area (Å²) >= 11 is 0. The third-order valence-corrected chi connectivity index (χ3v) is 6.06. The first kappa shape index (κ1) is 23.8. The van der Waals surface area contributed by atoms with E-state index in [2.05, 4.69) is 15.4 Å². The van der Waals surface area contributed by atoms with Gasteiger partial charge in [-0.2, -0.15) is 0 Å². The Balaban J connectivity index is 0.00000364. The average Bonchev–Trinajstić information content (AvgIpc) is 2.63. The predicted octanol–water partition coefficient (Wildman–Crippen LogP) is 1.46. The fourth-order valence-electron chi connectivity index (χ4n) is 3.03. The maximum Gasteiger partial charge on any atom is 0.251 e. The van der Waals surface area contributed by atoms with Crippen molar-refractivity contribution >= 4 is 28.3 Å². The zero-order chi connectivity index (χ0) is 19.0. The molecule has 154 valence electrons. The number of methoxy groups -OCH3 is 1. The van der Waals surface area contributed by atoms with Crippen molar-refractivity contribution in [3.05, 3.63) is 29.3 Å². The normalized spacial score (nSPS) is 17.2. The van der Waals surface area contributed by atoms with Gasteiger partial charge in [-0.25, -0.2) is 13.1 Å². The van der Waals surface area contributed by atoms with Gasteiger partial charge < -0.3 is 15.4 Å². The monoisotopic (exact) mass is 419 g/mol. The Labute approximate surface area is 168 Å². The van der Waals surface area contributed by atoms with Crippen molar-refractivity contribution in [2.45, 2.75) is 31.1 Å². The van der Waals surface area contributed by atoms with E-state index < -0.39 is 10.0 Å². The van der Waals surface area contributed by atoms with E-state index >= 15 is 0 Å². The number of hydrogen-bond donors (Lipinski definition) is 3. The van der Waals surface area contributed by atoms with Crippen LogP contribution < -0.4 is 15.4 Å². The van der Waals surface area contributed by atoms with Crippen LogP contribution in [0.4, 0.5) is 0 Å². The molecule has 3 N–H and O–H groups in total. The first-order valence-electron chi connectivity index (χ1n) is 9.02. The van der Waals surface area contributed by atoms with Gasteiger partial charge >= 0.3 is 0 Å². The molecule has 1 atom stereocenters. The molecule has 0 aromatic heterocycles. The van der Waals surface area contributed by atoms with Crippen molar-refractivity contribution < 1.29 is 17.9 Å². The molecule has 0 aliphatic carbocycles. The molecule has 27 heavy (non-hydrogen) atoms. The van der Waals surface area contributed by atoms with Crippen LogP contribution in [0.1, 0.15) is 35.2 Å². The molecular weight excluding hydrogens is 390 g/mol. The summed E-state index contributed by atoms with van der Waals surface area (Å²) in [6.45, 7) is 4.93. The fraction of sp³-hybridized carbons (Fsp3) is 0.611. The number of halogens is 1. The Bertz CT molecular complexity index is 707. The van der Waals surface area contributed by atoms with Gasteiger partial charge in [0.1, 0.15) is 0 Å². The topological polar surface area (TPSA) is 96.5 Å². The number of piperidine rings is 1. The van der Waals surface area contributed by atoms with E-state index in [4.69, 9.17) is 4.74 Å². The number of nitrogens with one attached hydrogen (secondary N) is 3. The number of carbonyl (C=O) groups is 1. The van der Waals surface area contributed by atoms with E-state index in [-0.39, 0.29) is 36.4 Å². The lowest BCUT2D eigenvalue weighted by molar-refractivity contribution is 0.0950. The Morgan fingerprint density at radius 3 is 2.78 bits per heavy atom. The second kappa shape index (κ2) is 11.6. The van der Waals surface area contributed by atoms with Crippen molar-refractivity contribution in [2.24, 2.45) is 5.92 Å². The van der Waals surface area contributed by atoms with E-state index in [1.165, 1.54) is 32.1 Å². The molecule has 1 amide bonds. The Morgan fingerprint density at radius 2 is 2.11 bits per heavy atom. The van der Waals surface area contributed by atoms with E-state index in [1.54, 1.807) is 13.0 Å². The van der Waals surface area contributed by atoms with Crippen LogP contribution in [0.15, 0.2) is 23.1 Å². The summed E-state index contributed by atoms with van der Waals surface area (Å²) < 4.78 is 31.9. The van der Waals surface area contributed by atoms with Gasteiger partial charge in [0.25, 0.3) is 5.91 Å². The summed E-state index contributed by atoms with van der Waals surface area (Å²) in [6, 6.07) is 4.60. The molecular formula is C18H30ClN3O4S. The Kier molecular flexibility index (Phi) is 10.3. The lowest BCUT2D eigenvalue weighted by Crippen LogP contribution is -2.33. The largest absolute Gasteiger partial charge is 0.383 e. The van der Waals surface area contributed by atoms with Gasteiger partial charge in [-0.1, -0.05) is 6.07 Å². The van der Waals surface area contributed by atoms with Crippen molar-refractivity contribution in [3.63, 3.8) is 0 Å². The minimum absolute atomic E-state index is 0. The molecule has 1 unspecified atom stereocenters. The van der Waals surface area contributed by atoms with Crippen LogP contribution in [0.25, 0.3) is 0 Å². The summed E-state index contributed by atoms with van der Waals surface area (Å²) in [4.78, 5) is 12.6. The highest BCUT2D eigenvalue weighted by atomic mass is 35.5. The van der Waals surface area contributed by atoms with Crippen molar-refractivity contribution in [1.29, 1.82) is 0 Å². The molecule has 7 nitrogen and oxygen atoms in total. The van der Waals surface area contributed by atoms with Gasteiger partial charge in [0.15, 0.2) is 0 Å². The van der Waals surface area contributed by atoms with Crippen LogP contribution in [0.3, 0.4) is 0 Å². The van der Waals surface area contributed by atoms with E-state index in [0.717, 1.165) is 25.1 Å². The number of ether oxygens (including phenoxy) is 1. The lowest BCUT2D eigenvalue weighted by Gasteiger charge is -2.22. The summed E-state index contributed by atoms with van der Waals surface area (Å²) in [5.41, 5.74) is 1.14. The second-order valence-corrected chi connectivity index (χ2v) is 8.39. The molecule has 1 aromatic carbocycles. The molecule has 1 heterocycles. The Hall–Kier alpha value is -1.19. The molecule has 0 saturated carbocycles. The summed E-state index contributed by atoms with van der Waals surface area (Å²) in [6.07, 6.45) is 3.28. The number of rotatable bonds is 9. The molecule has 0 radical (unpaired) electrons. The van der Waals surface area contributed by atoms with Crippen LogP contribution in [-0.4, -0.2) is 54.2 Å². The molecule has 1 aromatic rings. The molecule has 0 bridgehead atoms. The summed E-state index contributed by atoms with van der Waals surface area (Å²) in [7, 11) is -2.16. The van der Waals surface area contributed by atoms with Crippen LogP contribution in [0, 0.1) is 12.8 Å². The number of aryl methyl sites for hydroxylation is 1. The zero-order valence-corrected chi connectivity index (χ0v) is 17.5. The Morgan fingerprint density at radius 1 is 1.33 bits per heavy atom. The summed E-state index contributed by atoms with van der Waals surface area (Å²) in [5, 5.41) is 6.28. The number of benzene rings is 1. The fourth-order valence-corrected chi connectivity index (χ4v) is 4.07. The van der Waals surface area contributed by atoms with Gasteiger partial charge in [0.2, 0.25) is 10.0 Å². The third kappa shape index (κ3) is 7.38. The van der Waals surface area contributed by atoms with Gasteiger partial charge in [-0.15, -0.1) is 12.4 Å². The molecule has 0 spiro atoms. The second-order valence-electron chi connectivity index (χ2n) is 6.62. The van der Waals surface area contributed by atoms with Gasteiger partial charge in [0, 0.05) is 25.8 Å².